The summed E-state index contributed by atoms with van der Waals surface area (Å²) in [4.78, 5) is 8.73. The first kappa shape index (κ1) is 23.8. The molecule has 8 heteroatoms. The summed E-state index contributed by atoms with van der Waals surface area (Å²) in [6.45, 7) is 10.9. The van der Waals surface area contributed by atoms with Crippen LogP contribution in [0.15, 0.2) is 28.2 Å². The number of nitrogens with zero attached hydrogens (tertiary/aromatic N) is 2. The third-order valence-electron chi connectivity index (χ3n) is 3.06. The number of rotatable bonds is 4. The van der Waals surface area contributed by atoms with Gasteiger partial charge in [0.15, 0.2) is 11.9 Å². The van der Waals surface area contributed by atoms with Gasteiger partial charge in [0.1, 0.15) is 0 Å². The highest BCUT2D eigenvalue weighted by molar-refractivity contribution is 6.42. The third kappa shape index (κ3) is 9.78. The van der Waals surface area contributed by atoms with E-state index in [2.05, 4.69) is 36.1 Å². The summed E-state index contributed by atoms with van der Waals surface area (Å²) in [5.74, 6) is 0.452. The standard InChI is InChI=1S/C17H27Cl2N5.ClH/c1-16(2,3)10-17(4,5)24-15(21)23-14(20)22-9-11-6-7-12(18)13(19)8-11;/h6-8H,9-10H2,1-5H3,(H5,20,21,22,23,24);1H. The van der Waals surface area contributed by atoms with Crippen molar-refractivity contribution in [2.75, 3.05) is 0 Å². The zero-order chi connectivity index (χ0) is 18.5. The molecule has 5 nitrogen and oxygen atoms in total. The smallest absolute Gasteiger partial charge is 0.195 e. The molecule has 1 rings (SSSR count). The molecule has 0 aliphatic heterocycles. The third-order valence-corrected chi connectivity index (χ3v) is 3.80. The van der Waals surface area contributed by atoms with Crippen LogP contribution in [0, 0.1) is 5.41 Å². The number of hydrogen-bond donors (Lipinski definition) is 3. The van der Waals surface area contributed by atoms with Crippen LogP contribution in [0.1, 0.15) is 46.6 Å². The lowest BCUT2D eigenvalue weighted by molar-refractivity contribution is 0.288. The van der Waals surface area contributed by atoms with Crippen molar-refractivity contribution in [3.05, 3.63) is 33.8 Å². The molecule has 5 N–H and O–H groups in total. The van der Waals surface area contributed by atoms with Crippen LogP contribution in [-0.2, 0) is 6.54 Å². The average Bonchev–Trinajstić information content (AvgIpc) is 2.36. The number of benzene rings is 1. The molecule has 0 saturated heterocycles. The van der Waals surface area contributed by atoms with E-state index in [0.29, 0.717) is 16.6 Å². The Morgan fingerprint density at radius 3 is 2.16 bits per heavy atom. The molecule has 0 atom stereocenters. The van der Waals surface area contributed by atoms with Gasteiger partial charge in [-0.2, -0.15) is 0 Å². The number of halogens is 3. The fourth-order valence-electron chi connectivity index (χ4n) is 2.68. The summed E-state index contributed by atoms with van der Waals surface area (Å²) in [5, 5.41) is 3.81. The molecule has 0 bridgehead atoms. The lowest BCUT2D eigenvalue weighted by Gasteiger charge is -2.29. The molecule has 0 saturated carbocycles. The van der Waals surface area contributed by atoms with Crippen LogP contribution in [0.5, 0.6) is 0 Å². The van der Waals surface area contributed by atoms with Crippen molar-refractivity contribution in [2.45, 2.75) is 53.1 Å². The normalized spacial score (nSPS) is 13.4. The summed E-state index contributed by atoms with van der Waals surface area (Å²) in [6, 6.07) is 5.32. The minimum atomic E-state index is -0.292. The number of guanidine groups is 2. The van der Waals surface area contributed by atoms with E-state index in [-0.39, 0.29) is 35.3 Å². The second-order valence-electron chi connectivity index (χ2n) is 7.62. The van der Waals surface area contributed by atoms with Crippen LogP contribution in [0.4, 0.5) is 0 Å². The number of nitrogens with two attached hydrogens (primary N) is 2. The lowest BCUT2D eigenvalue weighted by Crippen LogP contribution is -2.43. The fourth-order valence-corrected chi connectivity index (χ4v) is 3.00. The maximum Gasteiger partial charge on any atom is 0.195 e. The van der Waals surface area contributed by atoms with E-state index in [1.807, 2.05) is 19.9 Å². The molecule has 0 aromatic heterocycles. The Hall–Kier alpha value is -1.17. The molecule has 0 amide bonds. The van der Waals surface area contributed by atoms with Crippen molar-refractivity contribution in [1.82, 2.24) is 5.32 Å². The predicted molar refractivity (Wildman–Crippen MR) is 112 cm³/mol. The van der Waals surface area contributed by atoms with E-state index < -0.39 is 0 Å². The first-order chi connectivity index (χ1) is 10.9. The van der Waals surface area contributed by atoms with Gasteiger partial charge in [-0.1, -0.05) is 50.0 Å². The van der Waals surface area contributed by atoms with Gasteiger partial charge in [0, 0.05) is 0 Å². The van der Waals surface area contributed by atoms with Crippen LogP contribution in [0.2, 0.25) is 10.0 Å². The Labute approximate surface area is 166 Å². The van der Waals surface area contributed by atoms with Gasteiger partial charge in [0.2, 0.25) is 0 Å². The van der Waals surface area contributed by atoms with E-state index >= 15 is 0 Å². The highest BCUT2D eigenvalue weighted by atomic mass is 35.5. The summed E-state index contributed by atoms with van der Waals surface area (Å²) in [6.07, 6.45) is 0.892. The van der Waals surface area contributed by atoms with Crippen LogP contribution in [-0.4, -0.2) is 17.5 Å². The van der Waals surface area contributed by atoms with E-state index in [4.69, 9.17) is 34.7 Å². The Morgan fingerprint density at radius 1 is 1.04 bits per heavy atom. The molecule has 0 fully saturated rings. The van der Waals surface area contributed by atoms with Gasteiger partial charge in [0.05, 0.1) is 22.1 Å². The molecule has 1 aromatic rings. The van der Waals surface area contributed by atoms with Crippen molar-refractivity contribution in [2.24, 2.45) is 26.9 Å². The van der Waals surface area contributed by atoms with E-state index in [0.717, 1.165) is 12.0 Å². The van der Waals surface area contributed by atoms with E-state index in [1.165, 1.54) is 0 Å². The van der Waals surface area contributed by atoms with Crippen molar-refractivity contribution < 1.29 is 0 Å². The Balaban J connectivity index is 0.00000576. The average molecular weight is 409 g/mol. The highest BCUT2D eigenvalue weighted by Gasteiger charge is 2.25. The van der Waals surface area contributed by atoms with Crippen LogP contribution in [0.25, 0.3) is 0 Å². The molecule has 0 aliphatic carbocycles. The molecule has 1 aromatic carbocycles. The van der Waals surface area contributed by atoms with Gasteiger partial charge in [0.25, 0.3) is 0 Å². The van der Waals surface area contributed by atoms with Crippen LogP contribution < -0.4 is 16.8 Å². The second-order valence-corrected chi connectivity index (χ2v) is 8.44. The molecule has 0 heterocycles. The van der Waals surface area contributed by atoms with Gasteiger partial charge in [-0.3, -0.25) is 5.32 Å². The topological polar surface area (TPSA) is 88.8 Å². The van der Waals surface area contributed by atoms with Gasteiger partial charge >= 0.3 is 0 Å². The zero-order valence-electron chi connectivity index (χ0n) is 15.4. The van der Waals surface area contributed by atoms with Crippen molar-refractivity contribution in [3.8, 4) is 0 Å². The van der Waals surface area contributed by atoms with E-state index in [1.54, 1.807) is 12.1 Å². The van der Waals surface area contributed by atoms with Gasteiger partial charge < -0.3 is 11.5 Å². The Bertz CT molecular complexity index is 634. The minimum Gasteiger partial charge on any atom is -0.370 e. The quantitative estimate of drug-likeness (QED) is 0.511. The van der Waals surface area contributed by atoms with Gasteiger partial charge in [-0.05, 0) is 43.4 Å². The Morgan fingerprint density at radius 2 is 1.64 bits per heavy atom. The monoisotopic (exact) mass is 407 g/mol. The van der Waals surface area contributed by atoms with Crippen molar-refractivity contribution in [1.29, 1.82) is 0 Å². The molecular weight excluding hydrogens is 381 g/mol. The number of aliphatic imine (C=N–C) groups is 2. The molecular formula is C17H28Cl3N5. The lowest BCUT2D eigenvalue weighted by atomic mass is 9.82. The SMILES string of the molecule is CC(C)(C)CC(C)(C)N=C(N)NC(N)=NCc1ccc(Cl)c(Cl)c1.Cl. The summed E-state index contributed by atoms with van der Waals surface area (Å²) in [5.41, 5.74) is 12.5. The summed E-state index contributed by atoms with van der Waals surface area (Å²) < 4.78 is 0. The first-order valence-corrected chi connectivity index (χ1v) is 8.50. The second kappa shape index (κ2) is 9.51. The summed E-state index contributed by atoms with van der Waals surface area (Å²) in [7, 11) is 0. The van der Waals surface area contributed by atoms with E-state index in [9.17, 15) is 0 Å². The number of hydrogen-bond acceptors (Lipinski definition) is 2. The summed E-state index contributed by atoms with van der Waals surface area (Å²) >= 11 is 11.9. The molecule has 0 spiro atoms. The number of nitrogens with one attached hydrogen (secondary N) is 1. The maximum atomic E-state index is 5.97. The molecule has 25 heavy (non-hydrogen) atoms. The van der Waals surface area contributed by atoms with Crippen LogP contribution >= 0.6 is 35.6 Å². The largest absolute Gasteiger partial charge is 0.370 e. The fraction of sp³-hybridized carbons (Fsp3) is 0.529. The minimum absolute atomic E-state index is 0. The molecule has 0 radical (unpaired) electrons. The predicted octanol–water partition coefficient (Wildman–Crippen LogP) is 4.35. The van der Waals surface area contributed by atoms with Crippen LogP contribution in [0.3, 0.4) is 0 Å². The van der Waals surface area contributed by atoms with Gasteiger partial charge in [-0.25, -0.2) is 9.98 Å². The molecule has 0 unspecified atom stereocenters. The highest BCUT2D eigenvalue weighted by Crippen LogP contribution is 2.29. The molecule has 0 aliphatic rings. The Kier molecular flexibility index (Phi) is 9.06. The first-order valence-electron chi connectivity index (χ1n) is 7.74. The van der Waals surface area contributed by atoms with Crippen molar-refractivity contribution >= 4 is 47.5 Å². The molecule has 142 valence electrons. The van der Waals surface area contributed by atoms with Gasteiger partial charge in [-0.15, -0.1) is 12.4 Å². The zero-order valence-corrected chi connectivity index (χ0v) is 17.7. The van der Waals surface area contributed by atoms with Crippen molar-refractivity contribution in [3.63, 3.8) is 0 Å². The maximum absolute atomic E-state index is 5.97.